The van der Waals surface area contributed by atoms with Crippen molar-refractivity contribution in [2.24, 2.45) is 0 Å². The van der Waals surface area contributed by atoms with Gasteiger partial charge in [0, 0.05) is 19.1 Å². The number of hydrogen-bond acceptors (Lipinski definition) is 3. The van der Waals surface area contributed by atoms with Crippen molar-refractivity contribution in [1.82, 2.24) is 14.8 Å². The average Bonchev–Trinajstić information content (AvgIpc) is 3.37. The Hall–Kier alpha value is -2.38. The average molecular weight is 448 g/mol. The molecule has 1 saturated heterocycles. The Balaban J connectivity index is 1.62. The number of carbonyl (C=O) groups excluding carboxylic acids is 2. The third-order valence-electron chi connectivity index (χ3n) is 6.24. The maximum Gasteiger partial charge on any atom is 0.270 e. The molecule has 0 spiro atoms. The molecule has 2 aliphatic rings. The van der Waals surface area contributed by atoms with E-state index in [2.05, 4.69) is 12.2 Å². The Morgan fingerprint density at radius 3 is 2.81 bits per heavy atom. The fraction of sp³-hybridized carbons (Fsp3) is 0.478. The fourth-order valence-electron chi connectivity index (χ4n) is 4.47. The standard InChI is InChI=1S/C23H27ClFN3O3/c1-3-19(15-6-7-18(25)17(24)11-15)26-22(29)16-12-20(28-9-10-31-13-21(16)28)23(30)27-8-4-5-14(27)2/h6-7,11-12,14,19H,3-5,8-10,13H2,1-2H3,(H,26,29). The van der Waals surface area contributed by atoms with Crippen LogP contribution in [0.4, 0.5) is 4.39 Å². The number of nitrogens with zero attached hydrogens (tertiary/aromatic N) is 2. The number of rotatable bonds is 5. The minimum Gasteiger partial charge on any atom is -0.373 e. The van der Waals surface area contributed by atoms with E-state index in [-0.39, 0.29) is 35.5 Å². The monoisotopic (exact) mass is 447 g/mol. The number of aromatic nitrogens is 1. The van der Waals surface area contributed by atoms with E-state index in [1.54, 1.807) is 12.1 Å². The van der Waals surface area contributed by atoms with Crippen molar-refractivity contribution in [2.75, 3.05) is 13.2 Å². The molecule has 31 heavy (non-hydrogen) atoms. The van der Waals surface area contributed by atoms with E-state index in [1.807, 2.05) is 16.4 Å². The molecule has 2 atom stereocenters. The zero-order valence-corrected chi connectivity index (χ0v) is 18.5. The van der Waals surface area contributed by atoms with Gasteiger partial charge in [-0.1, -0.05) is 24.6 Å². The van der Waals surface area contributed by atoms with Gasteiger partial charge in [-0.15, -0.1) is 0 Å². The van der Waals surface area contributed by atoms with Crippen molar-refractivity contribution < 1.29 is 18.7 Å². The summed E-state index contributed by atoms with van der Waals surface area (Å²) < 4.78 is 21.0. The van der Waals surface area contributed by atoms with Gasteiger partial charge in [0.1, 0.15) is 11.5 Å². The lowest BCUT2D eigenvalue weighted by molar-refractivity contribution is 0.0683. The second-order valence-corrected chi connectivity index (χ2v) is 8.60. The van der Waals surface area contributed by atoms with Crippen molar-refractivity contribution >= 4 is 23.4 Å². The first-order valence-electron chi connectivity index (χ1n) is 10.8. The molecule has 2 amide bonds. The van der Waals surface area contributed by atoms with Gasteiger partial charge in [0.05, 0.1) is 35.5 Å². The van der Waals surface area contributed by atoms with Gasteiger partial charge in [-0.2, -0.15) is 0 Å². The van der Waals surface area contributed by atoms with Crippen molar-refractivity contribution in [3.05, 3.63) is 57.6 Å². The molecule has 3 heterocycles. The van der Waals surface area contributed by atoms with Crippen LogP contribution < -0.4 is 5.32 Å². The van der Waals surface area contributed by atoms with Crippen molar-refractivity contribution in [2.45, 2.75) is 58.3 Å². The Morgan fingerprint density at radius 2 is 2.13 bits per heavy atom. The van der Waals surface area contributed by atoms with Crippen LogP contribution in [-0.2, 0) is 17.9 Å². The molecular weight excluding hydrogens is 421 g/mol. The highest BCUT2D eigenvalue weighted by molar-refractivity contribution is 6.30. The number of likely N-dealkylation sites (tertiary alicyclic amines) is 1. The summed E-state index contributed by atoms with van der Waals surface area (Å²) in [7, 11) is 0. The van der Waals surface area contributed by atoms with E-state index >= 15 is 0 Å². The molecule has 2 aliphatic heterocycles. The molecule has 0 bridgehead atoms. The molecular formula is C23H27ClFN3O3. The lowest BCUT2D eigenvalue weighted by Gasteiger charge is -2.24. The first-order valence-corrected chi connectivity index (χ1v) is 11.2. The second kappa shape index (κ2) is 9.01. The largest absolute Gasteiger partial charge is 0.373 e. The molecule has 1 N–H and O–H groups in total. The maximum absolute atomic E-state index is 13.5. The van der Waals surface area contributed by atoms with Crippen LogP contribution in [0.5, 0.6) is 0 Å². The normalized spacial score (nSPS) is 19.2. The van der Waals surface area contributed by atoms with Gasteiger partial charge in [-0.25, -0.2) is 4.39 Å². The van der Waals surface area contributed by atoms with Gasteiger partial charge in [-0.05, 0) is 49.9 Å². The van der Waals surface area contributed by atoms with E-state index in [9.17, 15) is 14.0 Å². The Bertz CT molecular complexity index is 1010. The van der Waals surface area contributed by atoms with Crippen LogP contribution in [0.1, 0.15) is 71.3 Å². The topological polar surface area (TPSA) is 63.6 Å². The number of fused-ring (bicyclic) bond motifs is 1. The number of benzene rings is 1. The lowest BCUT2D eigenvalue weighted by Crippen LogP contribution is -2.35. The predicted molar refractivity (Wildman–Crippen MR) is 116 cm³/mol. The highest BCUT2D eigenvalue weighted by atomic mass is 35.5. The molecule has 1 fully saturated rings. The zero-order valence-electron chi connectivity index (χ0n) is 17.8. The van der Waals surface area contributed by atoms with Crippen LogP contribution in [0, 0.1) is 5.82 Å². The minimum absolute atomic E-state index is 0.0208. The first-order chi connectivity index (χ1) is 14.9. The van der Waals surface area contributed by atoms with Gasteiger partial charge in [0.2, 0.25) is 0 Å². The zero-order chi connectivity index (χ0) is 22.1. The van der Waals surface area contributed by atoms with Crippen LogP contribution in [0.15, 0.2) is 24.3 Å². The molecule has 0 radical (unpaired) electrons. The molecule has 6 nitrogen and oxygen atoms in total. The highest BCUT2D eigenvalue weighted by Gasteiger charge is 2.32. The van der Waals surface area contributed by atoms with Crippen LogP contribution in [-0.4, -0.2) is 40.5 Å². The number of carbonyl (C=O) groups is 2. The third kappa shape index (κ3) is 4.21. The van der Waals surface area contributed by atoms with Gasteiger partial charge in [0.25, 0.3) is 11.8 Å². The highest BCUT2D eigenvalue weighted by Crippen LogP contribution is 2.27. The summed E-state index contributed by atoms with van der Waals surface area (Å²) in [5.74, 6) is -0.816. The third-order valence-corrected chi connectivity index (χ3v) is 6.53. The molecule has 1 aromatic carbocycles. The number of amides is 2. The number of halogens is 2. The summed E-state index contributed by atoms with van der Waals surface area (Å²) in [6, 6.07) is 6.02. The number of hydrogen-bond donors (Lipinski definition) is 1. The van der Waals surface area contributed by atoms with E-state index in [4.69, 9.17) is 16.3 Å². The van der Waals surface area contributed by atoms with Crippen LogP contribution in [0.3, 0.4) is 0 Å². The van der Waals surface area contributed by atoms with Crippen LogP contribution in [0.25, 0.3) is 0 Å². The Kier molecular flexibility index (Phi) is 6.34. The Morgan fingerprint density at radius 1 is 1.32 bits per heavy atom. The summed E-state index contributed by atoms with van der Waals surface area (Å²) in [5, 5.41) is 3.03. The van der Waals surface area contributed by atoms with Crippen molar-refractivity contribution in [1.29, 1.82) is 0 Å². The van der Waals surface area contributed by atoms with E-state index in [0.717, 1.165) is 24.9 Å². The Labute approximate surface area is 186 Å². The van der Waals surface area contributed by atoms with Crippen LogP contribution >= 0.6 is 11.6 Å². The first kappa shape index (κ1) is 21.8. The molecule has 166 valence electrons. The second-order valence-electron chi connectivity index (χ2n) is 8.19. The lowest BCUT2D eigenvalue weighted by atomic mass is 10.0. The molecule has 1 aromatic heterocycles. The summed E-state index contributed by atoms with van der Waals surface area (Å²) in [6.45, 7) is 6.05. The minimum atomic E-state index is -0.496. The molecule has 0 saturated carbocycles. The van der Waals surface area contributed by atoms with Gasteiger partial charge in [0.15, 0.2) is 0 Å². The predicted octanol–water partition coefficient (Wildman–Crippen LogP) is 4.32. The quantitative estimate of drug-likeness (QED) is 0.742. The summed E-state index contributed by atoms with van der Waals surface area (Å²) in [4.78, 5) is 28.3. The van der Waals surface area contributed by atoms with E-state index in [0.29, 0.717) is 36.5 Å². The van der Waals surface area contributed by atoms with Crippen molar-refractivity contribution in [3.63, 3.8) is 0 Å². The summed E-state index contributed by atoms with van der Waals surface area (Å²) >= 11 is 5.93. The number of nitrogens with one attached hydrogen (secondary N) is 1. The van der Waals surface area contributed by atoms with Gasteiger partial charge in [-0.3, -0.25) is 9.59 Å². The molecule has 2 unspecified atom stereocenters. The van der Waals surface area contributed by atoms with E-state index < -0.39 is 5.82 Å². The summed E-state index contributed by atoms with van der Waals surface area (Å²) in [6.07, 6.45) is 2.60. The van der Waals surface area contributed by atoms with E-state index in [1.165, 1.54) is 12.1 Å². The maximum atomic E-state index is 13.5. The number of ether oxygens (including phenoxy) is 1. The molecule has 0 aliphatic carbocycles. The van der Waals surface area contributed by atoms with Gasteiger partial charge >= 0.3 is 0 Å². The molecule has 2 aromatic rings. The fourth-order valence-corrected chi connectivity index (χ4v) is 4.66. The molecule has 4 rings (SSSR count). The summed E-state index contributed by atoms with van der Waals surface area (Å²) in [5.41, 5.74) is 2.43. The molecule has 8 heteroatoms. The van der Waals surface area contributed by atoms with Gasteiger partial charge < -0.3 is 19.5 Å². The smallest absolute Gasteiger partial charge is 0.270 e. The SMILES string of the molecule is CCC(NC(=O)c1cc(C(=O)N2CCCC2C)n2c1COCC2)c1ccc(F)c(Cl)c1. The van der Waals surface area contributed by atoms with Crippen molar-refractivity contribution in [3.8, 4) is 0 Å². The van der Waals surface area contributed by atoms with Crippen LogP contribution in [0.2, 0.25) is 5.02 Å².